The van der Waals surface area contributed by atoms with E-state index in [0.29, 0.717) is 0 Å². The molecule has 7 N–H and O–H groups in total. The molecule has 0 radical (unpaired) electrons. The van der Waals surface area contributed by atoms with Crippen LogP contribution in [0.15, 0.2) is 36.4 Å². The van der Waals surface area contributed by atoms with Crippen molar-refractivity contribution in [1.29, 1.82) is 0 Å². The SMILES string of the molecule is CC(=O)NC[C@H]1CN(c2ccc(-c3ccc(N4C[C@H](CNC(=O)C(N)CN)OC4=O)cc3F)c(F)c2)C(=O)O1.O=C(O)C(F)(F)F. The lowest BCUT2D eigenvalue weighted by atomic mass is 10.0. The Kier molecular flexibility index (Phi) is 11.4. The monoisotopic (exact) mass is 660 g/mol. The van der Waals surface area contributed by atoms with Crippen LogP contribution in [0.1, 0.15) is 6.92 Å². The normalized spacial score (nSPS) is 18.3. The van der Waals surface area contributed by atoms with Crippen molar-refractivity contribution < 1.29 is 60.5 Å². The van der Waals surface area contributed by atoms with Gasteiger partial charge in [0.05, 0.1) is 43.6 Å². The standard InChI is InChI=1S/C25H28F2N6O6.C2HF3O2/c1-13(34)30-9-16-11-32(24(36)38-16)14-2-4-18(20(26)6-14)19-5-3-15(7-21(19)27)33-12-17(39-25(33)37)10-31-23(35)22(29)8-28;3-2(4,5)1(6)7/h2-7,16-17,22H,8-12,28-29H2,1H3,(H,30,34)(H,31,35);(H,6,7)/t16-,17-,22?;/m0./s1. The molecule has 19 heteroatoms. The Hall–Kier alpha value is -5.04. The number of carboxylic acids is 1. The predicted molar refractivity (Wildman–Crippen MR) is 149 cm³/mol. The third-order valence-corrected chi connectivity index (χ3v) is 6.48. The van der Waals surface area contributed by atoms with Gasteiger partial charge in [0.2, 0.25) is 11.8 Å². The number of carbonyl (C=O) groups is 5. The second-order valence-electron chi connectivity index (χ2n) is 9.89. The third kappa shape index (κ3) is 9.00. The van der Waals surface area contributed by atoms with Crippen molar-refractivity contribution in [2.75, 3.05) is 42.5 Å². The largest absolute Gasteiger partial charge is 0.490 e. The number of anilines is 2. The molecule has 250 valence electrons. The summed E-state index contributed by atoms with van der Waals surface area (Å²) in [4.78, 5) is 58.7. The number of amides is 4. The minimum absolute atomic E-state index is 0.00540. The highest BCUT2D eigenvalue weighted by molar-refractivity contribution is 5.91. The van der Waals surface area contributed by atoms with Crippen LogP contribution in [0.2, 0.25) is 0 Å². The van der Waals surface area contributed by atoms with Crippen molar-refractivity contribution >= 4 is 41.3 Å². The summed E-state index contributed by atoms with van der Waals surface area (Å²) in [5.41, 5.74) is 11.2. The summed E-state index contributed by atoms with van der Waals surface area (Å²) in [5, 5.41) is 12.2. The van der Waals surface area contributed by atoms with Crippen molar-refractivity contribution in [3.8, 4) is 11.1 Å². The molecule has 2 aromatic carbocycles. The number of rotatable bonds is 9. The Morgan fingerprint density at radius 2 is 1.33 bits per heavy atom. The molecule has 46 heavy (non-hydrogen) atoms. The number of nitrogens with two attached hydrogens (primary N) is 2. The number of hydrogen-bond acceptors (Lipinski definition) is 9. The van der Waals surface area contributed by atoms with E-state index in [4.69, 9.17) is 30.8 Å². The predicted octanol–water partition coefficient (Wildman–Crippen LogP) is 1.45. The number of hydrogen-bond donors (Lipinski definition) is 5. The van der Waals surface area contributed by atoms with E-state index in [1.165, 1.54) is 41.0 Å². The van der Waals surface area contributed by atoms with Crippen molar-refractivity contribution in [1.82, 2.24) is 10.6 Å². The quantitative estimate of drug-likeness (QED) is 0.245. The van der Waals surface area contributed by atoms with E-state index in [0.717, 1.165) is 12.1 Å². The molecule has 4 amide bonds. The number of ether oxygens (including phenoxy) is 2. The van der Waals surface area contributed by atoms with E-state index >= 15 is 8.78 Å². The van der Waals surface area contributed by atoms with Crippen LogP contribution in [-0.4, -0.2) is 92.2 Å². The molecule has 0 bridgehead atoms. The fourth-order valence-corrected chi connectivity index (χ4v) is 4.17. The van der Waals surface area contributed by atoms with Gasteiger partial charge in [-0.05, 0) is 36.4 Å². The van der Waals surface area contributed by atoms with Crippen LogP contribution >= 0.6 is 0 Å². The molecule has 2 aliphatic heterocycles. The van der Waals surface area contributed by atoms with E-state index < -0.39 is 60.1 Å². The highest BCUT2D eigenvalue weighted by Gasteiger charge is 2.38. The van der Waals surface area contributed by atoms with Gasteiger partial charge < -0.3 is 36.7 Å². The molecule has 2 saturated heterocycles. The minimum atomic E-state index is -5.08. The summed E-state index contributed by atoms with van der Waals surface area (Å²) in [5.74, 6) is -5.07. The maximum atomic E-state index is 15.1. The van der Waals surface area contributed by atoms with Crippen molar-refractivity contribution in [2.45, 2.75) is 31.3 Å². The van der Waals surface area contributed by atoms with Crippen LogP contribution in [0.5, 0.6) is 0 Å². The average molecular weight is 661 g/mol. The smallest absolute Gasteiger partial charge is 0.475 e. The van der Waals surface area contributed by atoms with Gasteiger partial charge in [0.25, 0.3) is 0 Å². The Morgan fingerprint density at radius 1 is 0.913 bits per heavy atom. The number of nitrogens with zero attached hydrogens (tertiary/aromatic N) is 2. The van der Waals surface area contributed by atoms with Gasteiger partial charge in [-0.2, -0.15) is 13.2 Å². The second-order valence-corrected chi connectivity index (χ2v) is 9.89. The lowest BCUT2D eigenvalue weighted by molar-refractivity contribution is -0.192. The van der Waals surface area contributed by atoms with Gasteiger partial charge in [-0.3, -0.25) is 19.4 Å². The zero-order valence-corrected chi connectivity index (χ0v) is 24.0. The summed E-state index contributed by atoms with van der Waals surface area (Å²) in [6, 6.07) is 6.87. The van der Waals surface area contributed by atoms with Crippen LogP contribution < -0.4 is 31.9 Å². The number of carboxylic acid groups (broad SMARTS) is 1. The van der Waals surface area contributed by atoms with Crippen LogP contribution in [0.4, 0.5) is 42.9 Å². The topological polar surface area (TPSA) is 207 Å². The van der Waals surface area contributed by atoms with E-state index in [2.05, 4.69) is 10.6 Å². The number of nitrogens with one attached hydrogen (secondary N) is 2. The Bertz CT molecular complexity index is 1490. The molecule has 2 heterocycles. The Morgan fingerprint density at radius 3 is 1.67 bits per heavy atom. The molecular formula is C27H29F5N6O8. The van der Waals surface area contributed by atoms with Crippen molar-refractivity contribution in [3.63, 3.8) is 0 Å². The average Bonchev–Trinajstić information content (AvgIpc) is 3.55. The van der Waals surface area contributed by atoms with Gasteiger partial charge >= 0.3 is 24.3 Å². The number of cyclic esters (lactones) is 2. The van der Waals surface area contributed by atoms with Crippen LogP contribution in [0.25, 0.3) is 11.1 Å². The van der Waals surface area contributed by atoms with Crippen LogP contribution in [-0.2, 0) is 23.9 Å². The zero-order valence-electron chi connectivity index (χ0n) is 24.0. The van der Waals surface area contributed by atoms with E-state index in [-0.39, 0.29) is 61.1 Å². The van der Waals surface area contributed by atoms with Crippen molar-refractivity contribution in [2.24, 2.45) is 11.5 Å². The molecule has 3 atom stereocenters. The number of aliphatic carboxylic acids is 1. The first-order chi connectivity index (χ1) is 21.5. The van der Waals surface area contributed by atoms with Gasteiger partial charge in [-0.1, -0.05) is 0 Å². The number of halogens is 5. The first-order valence-electron chi connectivity index (χ1n) is 13.4. The minimum Gasteiger partial charge on any atom is -0.475 e. The summed E-state index contributed by atoms with van der Waals surface area (Å²) in [6.07, 6.45) is -7.78. The van der Waals surface area contributed by atoms with E-state index in [9.17, 15) is 32.3 Å². The molecule has 0 spiro atoms. The second kappa shape index (κ2) is 14.8. The van der Waals surface area contributed by atoms with Gasteiger partial charge in [0.15, 0.2) is 0 Å². The summed E-state index contributed by atoms with van der Waals surface area (Å²) in [7, 11) is 0. The first-order valence-corrected chi connectivity index (χ1v) is 13.4. The number of carbonyl (C=O) groups excluding carboxylic acids is 4. The number of benzene rings is 2. The first kappa shape index (κ1) is 35.4. The maximum absolute atomic E-state index is 15.1. The molecule has 14 nitrogen and oxygen atoms in total. The molecule has 2 aromatic rings. The fraction of sp³-hybridized carbons (Fsp3) is 0.370. The van der Waals surface area contributed by atoms with Gasteiger partial charge in [0, 0.05) is 24.6 Å². The summed E-state index contributed by atoms with van der Waals surface area (Å²) >= 11 is 0. The Labute approximate surface area is 257 Å². The van der Waals surface area contributed by atoms with E-state index in [1.54, 1.807) is 0 Å². The highest BCUT2D eigenvalue weighted by Crippen LogP contribution is 2.33. The fourth-order valence-electron chi connectivity index (χ4n) is 4.17. The molecular weight excluding hydrogens is 631 g/mol. The number of alkyl halides is 3. The maximum Gasteiger partial charge on any atom is 0.490 e. The zero-order chi connectivity index (χ0) is 34.3. The molecule has 0 aliphatic carbocycles. The molecule has 0 saturated carbocycles. The lowest BCUT2D eigenvalue weighted by Gasteiger charge is -2.16. The van der Waals surface area contributed by atoms with Gasteiger partial charge in [-0.15, -0.1) is 0 Å². The molecule has 0 aromatic heterocycles. The summed E-state index contributed by atoms with van der Waals surface area (Å²) in [6.45, 7) is 1.59. The third-order valence-electron chi connectivity index (χ3n) is 6.48. The van der Waals surface area contributed by atoms with Crippen molar-refractivity contribution in [3.05, 3.63) is 48.0 Å². The molecule has 2 fully saturated rings. The highest BCUT2D eigenvalue weighted by atomic mass is 19.4. The Balaban J connectivity index is 0.000000738. The van der Waals surface area contributed by atoms with Gasteiger partial charge in [-0.25, -0.2) is 23.2 Å². The van der Waals surface area contributed by atoms with E-state index in [1.807, 2.05) is 0 Å². The summed E-state index contributed by atoms with van der Waals surface area (Å²) < 4.78 is 72.3. The van der Waals surface area contributed by atoms with Gasteiger partial charge in [0.1, 0.15) is 23.8 Å². The molecule has 2 aliphatic rings. The lowest BCUT2D eigenvalue weighted by Crippen LogP contribution is -2.47. The molecule has 4 rings (SSSR count). The van der Waals surface area contributed by atoms with Crippen LogP contribution in [0, 0.1) is 11.6 Å². The van der Waals surface area contributed by atoms with Crippen LogP contribution in [0.3, 0.4) is 0 Å². The molecule has 1 unspecified atom stereocenters.